The van der Waals surface area contributed by atoms with Crippen molar-refractivity contribution in [2.45, 2.75) is 178 Å². The minimum Gasteiger partial charge on any atom is -0.0730 e. The molecule has 0 amide bonds. The van der Waals surface area contributed by atoms with Crippen LogP contribution in [0.1, 0.15) is 207 Å². The monoisotopic (exact) mass is 917 g/mol. The molecule has 0 radical (unpaired) electrons. The van der Waals surface area contributed by atoms with Crippen molar-refractivity contribution in [3.05, 3.63) is 181 Å². The maximum atomic E-state index is 2.76. The van der Waals surface area contributed by atoms with Crippen LogP contribution in [-0.2, 0) is 31.1 Å². The van der Waals surface area contributed by atoms with Gasteiger partial charge in [-0.3, -0.25) is 0 Å². The molecular weight excluding hydrogens is 829 g/mol. The highest BCUT2D eigenvalue weighted by molar-refractivity contribution is 5.96. The van der Waals surface area contributed by atoms with Crippen molar-refractivity contribution in [3.63, 3.8) is 0 Å². The maximum absolute atomic E-state index is 2.76. The molecule has 8 rings (SSSR count). The Morgan fingerprint density at radius 2 is 0.797 bits per heavy atom. The van der Waals surface area contributed by atoms with Crippen molar-refractivity contribution in [2.24, 2.45) is 23.7 Å². The number of rotatable bonds is 20. The standard InChI is InChI=1S/C67H82.C2H6/c1-11-45(5)19-33-55-41-61-62-42-56(34-20-46(6)12-2)58(36-22-48(8)14-4)44-66(62)67(65(61)43-57(55)35-21-47(7)13-3)63-39-53(29-27-51-23-15-49(9)16-24-51)31-37-59(63)60-38-32-54(40-64(60)67)30-28-52-25-17-50(10)18-26-52;1-2/h15-17,23-25,27-32,37-48H,11-14,18-22,26,33-36H2,1-10H3;1-2H3/b29-27+,30-28+;. The summed E-state index contributed by atoms with van der Waals surface area (Å²) in [6, 6.07) is 34.8. The molecule has 4 unspecified atom stereocenters. The Hall–Kier alpha value is -4.94. The molecular formula is C69H88. The van der Waals surface area contributed by atoms with Crippen LogP contribution < -0.4 is 0 Å². The van der Waals surface area contributed by atoms with Gasteiger partial charge in [-0.15, -0.1) is 0 Å². The molecule has 0 heterocycles. The summed E-state index contributed by atoms with van der Waals surface area (Å²) < 4.78 is 0. The van der Waals surface area contributed by atoms with Crippen molar-refractivity contribution >= 4 is 18.2 Å². The van der Waals surface area contributed by atoms with Gasteiger partial charge >= 0.3 is 0 Å². The quantitative estimate of drug-likeness (QED) is 0.0669. The van der Waals surface area contributed by atoms with Crippen LogP contribution in [0.2, 0.25) is 0 Å². The van der Waals surface area contributed by atoms with Crippen LogP contribution in [0.4, 0.5) is 0 Å². The lowest BCUT2D eigenvalue weighted by Gasteiger charge is -2.32. The van der Waals surface area contributed by atoms with E-state index < -0.39 is 5.41 Å². The summed E-state index contributed by atoms with van der Waals surface area (Å²) in [5.74, 6) is 2.83. The summed E-state index contributed by atoms with van der Waals surface area (Å²) in [6.07, 6.45) is 30.7. The van der Waals surface area contributed by atoms with E-state index in [1.54, 1.807) is 22.3 Å². The summed E-state index contributed by atoms with van der Waals surface area (Å²) in [5, 5.41) is 0. The average molecular weight is 917 g/mol. The van der Waals surface area contributed by atoms with E-state index in [2.05, 4.69) is 191 Å². The van der Waals surface area contributed by atoms with Crippen molar-refractivity contribution < 1.29 is 0 Å². The zero-order valence-corrected chi connectivity index (χ0v) is 45.3. The lowest BCUT2D eigenvalue weighted by atomic mass is 9.69. The number of fused-ring (bicyclic) bond motifs is 10. The molecule has 364 valence electrons. The molecule has 0 heteroatoms. The Morgan fingerprint density at radius 3 is 1.20 bits per heavy atom. The molecule has 0 aliphatic heterocycles. The minimum atomic E-state index is -0.433. The lowest BCUT2D eigenvalue weighted by Crippen LogP contribution is -2.27. The molecule has 3 aliphatic carbocycles. The largest absolute Gasteiger partial charge is 0.0730 e. The van der Waals surface area contributed by atoms with Gasteiger partial charge in [0, 0.05) is 0 Å². The van der Waals surface area contributed by atoms with Crippen molar-refractivity contribution in [1.29, 1.82) is 0 Å². The zero-order chi connectivity index (χ0) is 49.2. The van der Waals surface area contributed by atoms with Crippen molar-refractivity contribution in [3.8, 4) is 22.3 Å². The normalized spacial score (nSPS) is 17.4. The van der Waals surface area contributed by atoms with Crippen LogP contribution >= 0.6 is 0 Å². The van der Waals surface area contributed by atoms with Crippen molar-refractivity contribution in [2.75, 3.05) is 0 Å². The zero-order valence-electron chi connectivity index (χ0n) is 45.3. The van der Waals surface area contributed by atoms with Crippen LogP contribution in [0.15, 0.2) is 114 Å². The van der Waals surface area contributed by atoms with E-state index in [0.717, 1.165) is 38.5 Å². The fraction of sp³-hybridized carbons (Fsp3) is 0.449. The summed E-state index contributed by atoms with van der Waals surface area (Å²) >= 11 is 0. The highest BCUT2D eigenvalue weighted by atomic mass is 14.5. The average Bonchev–Trinajstić information content (AvgIpc) is 3.82. The van der Waals surface area contributed by atoms with E-state index in [1.807, 2.05) is 13.8 Å². The lowest BCUT2D eigenvalue weighted by molar-refractivity contribution is 0.505. The van der Waals surface area contributed by atoms with Gasteiger partial charge in [0.25, 0.3) is 0 Å². The van der Waals surface area contributed by atoms with Gasteiger partial charge in [-0.2, -0.15) is 0 Å². The minimum absolute atomic E-state index is 0.433. The molecule has 0 nitrogen and oxygen atoms in total. The Kier molecular flexibility index (Phi) is 17.9. The SMILES string of the molecule is CC.CCC(C)CCc1cc2c(cc1CCC(C)CC)C1(c3cc(/C=C/C4=CC=C(C)CC4)ccc3-c3ccc(/C=C/c4ccc(C)cc4)cc31)c1cc(CCC(C)CC)c(CCC(C)CC)cc1-2. The Morgan fingerprint density at radius 1 is 0.420 bits per heavy atom. The van der Waals surface area contributed by atoms with E-state index in [9.17, 15) is 0 Å². The highest BCUT2D eigenvalue weighted by Crippen LogP contribution is 2.64. The van der Waals surface area contributed by atoms with Gasteiger partial charge < -0.3 is 0 Å². The van der Waals surface area contributed by atoms with Gasteiger partial charge in [0.2, 0.25) is 0 Å². The van der Waals surface area contributed by atoms with Crippen LogP contribution in [0.25, 0.3) is 40.5 Å². The third-order valence-electron chi connectivity index (χ3n) is 16.8. The van der Waals surface area contributed by atoms with Gasteiger partial charge in [-0.25, -0.2) is 0 Å². The van der Waals surface area contributed by atoms with E-state index in [4.69, 9.17) is 0 Å². The second kappa shape index (κ2) is 23.8. The predicted octanol–water partition coefficient (Wildman–Crippen LogP) is 20.1. The highest BCUT2D eigenvalue weighted by Gasteiger charge is 2.52. The van der Waals surface area contributed by atoms with Gasteiger partial charge in [0.15, 0.2) is 0 Å². The van der Waals surface area contributed by atoms with Crippen molar-refractivity contribution in [1.82, 2.24) is 0 Å². The molecule has 0 fully saturated rings. The second-order valence-electron chi connectivity index (χ2n) is 21.7. The first-order chi connectivity index (χ1) is 33.4. The van der Waals surface area contributed by atoms with Gasteiger partial charge in [0.05, 0.1) is 5.41 Å². The third kappa shape index (κ3) is 11.5. The molecule has 5 aromatic rings. The summed E-state index contributed by atoms with van der Waals surface area (Å²) in [7, 11) is 0. The number of aryl methyl sites for hydroxylation is 5. The van der Waals surface area contributed by atoms with E-state index in [-0.39, 0.29) is 0 Å². The van der Waals surface area contributed by atoms with Crippen LogP contribution in [0, 0.1) is 30.6 Å². The Balaban J connectivity index is 0.00000347. The molecule has 4 atom stereocenters. The molecule has 0 N–H and O–H groups in total. The number of hydrogen-bond acceptors (Lipinski definition) is 0. The Labute approximate surface area is 421 Å². The maximum Gasteiger partial charge on any atom is 0.0726 e. The van der Waals surface area contributed by atoms with Gasteiger partial charge in [-0.05, 0) is 203 Å². The van der Waals surface area contributed by atoms with E-state index in [0.29, 0.717) is 23.7 Å². The first-order valence-electron chi connectivity index (χ1n) is 27.9. The smallest absolute Gasteiger partial charge is 0.0726 e. The fourth-order valence-electron chi connectivity index (χ4n) is 11.1. The number of hydrogen-bond donors (Lipinski definition) is 0. The Bertz CT molecular complexity index is 2570. The second-order valence-corrected chi connectivity index (χ2v) is 21.7. The molecule has 0 bridgehead atoms. The molecule has 3 aliphatic rings. The summed E-state index contributed by atoms with van der Waals surface area (Å²) in [5.41, 5.74) is 25.5. The van der Waals surface area contributed by atoms with E-state index >= 15 is 0 Å². The fourth-order valence-corrected chi connectivity index (χ4v) is 11.1. The molecule has 5 aromatic carbocycles. The van der Waals surface area contributed by atoms with Gasteiger partial charge in [-0.1, -0.05) is 215 Å². The number of allylic oxidation sites excluding steroid dienone is 5. The molecule has 69 heavy (non-hydrogen) atoms. The molecule has 0 saturated carbocycles. The topological polar surface area (TPSA) is 0 Å². The van der Waals surface area contributed by atoms with Gasteiger partial charge in [0.1, 0.15) is 0 Å². The first kappa shape index (κ1) is 51.9. The van der Waals surface area contributed by atoms with Crippen LogP contribution in [0.5, 0.6) is 0 Å². The molecule has 1 spiro atoms. The first-order valence-corrected chi connectivity index (χ1v) is 27.9. The summed E-state index contributed by atoms with van der Waals surface area (Å²) in [4.78, 5) is 0. The third-order valence-corrected chi connectivity index (χ3v) is 16.8. The van der Waals surface area contributed by atoms with Crippen LogP contribution in [0.3, 0.4) is 0 Å². The summed E-state index contributed by atoms with van der Waals surface area (Å²) in [6.45, 7) is 27.7. The molecule has 0 aromatic heterocycles. The number of benzene rings is 5. The van der Waals surface area contributed by atoms with Crippen LogP contribution in [-0.4, -0.2) is 0 Å². The predicted molar refractivity (Wildman–Crippen MR) is 305 cm³/mol. The molecule has 0 saturated heterocycles. The van der Waals surface area contributed by atoms with E-state index in [1.165, 1.54) is 129 Å².